The second kappa shape index (κ2) is 7.04. The van der Waals surface area contributed by atoms with Crippen molar-refractivity contribution in [1.29, 1.82) is 0 Å². The molecule has 2 aromatic carbocycles. The van der Waals surface area contributed by atoms with Gasteiger partial charge in [0.2, 0.25) is 5.89 Å². The Bertz CT molecular complexity index is 812. The van der Waals surface area contributed by atoms with Crippen molar-refractivity contribution >= 4 is 0 Å². The summed E-state index contributed by atoms with van der Waals surface area (Å²) in [5, 5.41) is 8.05. The summed E-state index contributed by atoms with van der Waals surface area (Å²) in [6, 6.07) is 13.1. The Balaban J connectivity index is 1.70. The van der Waals surface area contributed by atoms with E-state index in [0.717, 1.165) is 16.9 Å². The van der Waals surface area contributed by atoms with Crippen LogP contribution in [-0.2, 0) is 6.61 Å². The predicted molar refractivity (Wildman–Crippen MR) is 88.3 cm³/mol. The molecule has 0 N–H and O–H groups in total. The molecule has 0 saturated heterocycles. The Morgan fingerprint density at radius 1 is 0.917 bits per heavy atom. The molecule has 3 aromatic rings. The summed E-state index contributed by atoms with van der Waals surface area (Å²) >= 11 is 0. The van der Waals surface area contributed by atoms with E-state index in [1.54, 1.807) is 14.2 Å². The topological polar surface area (TPSA) is 66.6 Å². The zero-order valence-electron chi connectivity index (χ0n) is 13.8. The summed E-state index contributed by atoms with van der Waals surface area (Å²) in [6.45, 7) is 2.16. The highest BCUT2D eigenvalue weighted by Gasteiger charge is 2.11. The van der Waals surface area contributed by atoms with Gasteiger partial charge in [0.15, 0.2) is 18.1 Å². The SMILES string of the molecule is COc1ccc(-c2nnc(COc3ccc(C)cc3OC)o2)cc1. The Morgan fingerprint density at radius 3 is 2.42 bits per heavy atom. The Kier molecular flexibility index (Phi) is 4.65. The number of nitrogens with zero attached hydrogens (tertiary/aromatic N) is 2. The highest BCUT2D eigenvalue weighted by atomic mass is 16.5. The van der Waals surface area contributed by atoms with Gasteiger partial charge in [0, 0.05) is 5.56 Å². The summed E-state index contributed by atoms with van der Waals surface area (Å²) in [5.41, 5.74) is 1.92. The molecule has 124 valence electrons. The van der Waals surface area contributed by atoms with Gasteiger partial charge in [-0.05, 0) is 48.9 Å². The van der Waals surface area contributed by atoms with E-state index < -0.39 is 0 Å². The van der Waals surface area contributed by atoms with Gasteiger partial charge in [0.1, 0.15) is 5.75 Å². The fraction of sp³-hybridized carbons (Fsp3) is 0.222. The van der Waals surface area contributed by atoms with Crippen LogP contribution in [0, 0.1) is 6.92 Å². The molecule has 1 aromatic heterocycles. The van der Waals surface area contributed by atoms with E-state index in [1.807, 2.05) is 49.4 Å². The van der Waals surface area contributed by atoms with Crippen molar-refractivity contribution in [3.8, 4) is 28.7 Å². The molecular formula is C18H18N2O4. The maximum absolute atomic E-state index is 5.71. The molecule has 6 nitrogen and oxygen atoms in total. The van der Waals surface area contributed by atoms with Crippen molar-refractivity contribution in [2.75, 3.05) is 14.2 Å². The van der Waals surface area contributed by atoms with E-state index in [-0.39, 0.29) is 6.61 Å². The van der Waals surface area contributed by atoms with Gasteiger partial charge in [-0.3, -0.25) is 0 Å². The van der Waals surface area contributed by atoms with Crippen LogP contribution in [0.15, 0.2) is 46.9 Å². The average molecular weight is 326 g/mol. The number of aryl methyl sites for hydroxylation is 1. The maximum Gasteiger partial charge on any atom is 0.254 e. The second-order valence-corrected chi connectivity index (χ2v) is 5.17. The molecule has 0 fully saturated rings. The molecule has 0 radical (unpaired) electrons. The van der Waals surface area contributed by atoms with Crippen molar-refractivity contribution in [3.63, 3.8) is 0 Å². The molecule has 0 aliphatic heterocycles. The van der Waals surface area contributed by atoms with Gasteiger partial charge in [0.05, 0.1) is 14.2 Å². The van der Waals surface area contributed by atoms with E-state index in [4.69, 9.17) is 18.6 Å². The summed E-state index contributed by atoms with van der Waals surface area (Å²) in [5.74, 6) is 2.90. The third-order valence-electron chi connectivity index (χ3n) is 3.47. The predicted octanol–water partition coefficient (Wildman–Crippen LogP) is 3.64. The molecule has 0 saturated carbocycles. The fourth-order valence-corrected chi connectivity index (χ4v) is 2.20. The number of hydrogen-bond acceptors (Lipinski definition) is 6. The molecular weight excluding hydrogens is 308 g/mol. The molecule has 6 heteroatoms. The van der Waals surface area contributed by atoms with Crippen molar-refractivity contribution in [1.82, 2.24) is 10.2 Å². The smallest absolute Gasteiger partial charge is 0.254 e. The highest BCUT2D eigenvalue weighted by molar-refractivity contribution is 5.53. The van der Waals surface area contributed by atoms with Gasteiger partial charge in [-0.2, -0.15) is 0 Å². The standard InChI is InChI=1S/C18H18N2O4/c1-12-4-9-15(16(10-12)22-3)23-11-17-19-20-18(24-17)13-5-7-14(21-2)8-6-13/h4-10H,11H2,1-3H3. The van der Waals surface area contributed by atoms with Crippen LogP contribution in [0.5, 0.6) is 17.2 Å². The first-order valence-electron chi connectivity index (χ1n) is 7.44. The maximum atomic E-state index is 5.71. The third-order valence-corrected chi connectivity index (χ3v) is 3.47. The van der Waals surface area contributed by atoms with Gasteiger partial charge in [0.25, 0.3) is 5.89 Å². The monoisotopic (exact) mass is 326 g/mol. The van der Waals surface area contributed by atoms with Crippen LogP contribution in [0.4, 0.5) is 0 Å². The van der Waals surface area contributed by atoms with E-state index in [2.05, 4.69) is 10.2 Å². The summed E-state index contributed by atoms with van der Waals surface area (Å²) in [6.07, 6.45) is 0. The van der Waals surface area contributed by atoms with Crippen molar-refractivity contribution in [2.24, 2.45) is 0 Å². The Morgan fingerprint density at radius 2 is 1.71 bits per heavy atom. The molecule has 0 unspecified atom stereocenters. The number of ether oxygens (including phenoxy) is 3. The van der Waals surface area contributed by atoms with Gasteiger partial charge in [-0.1, -0.05) is 6.07 Å². The molecule has 1 heterocycles. The van der Waals surface area contributed by atoms with E-state index >= 15 is 0 Å². The number of benzene rings is 2. The van der Waals surface area contributed by atoms with Gasteiger partial charge in [-0.25, -0.2) is 0 Å². The first-order chi connectivity index (χ1) is 11.7. The van der Waals surface area contributed by atoms with Crippen molar-refractivity contribution in [3.05, 3.63) is 53.9 Å². The summed E-state index contributed by atoms with van der Waals surface area (Å²) in [4.78, 5) is 0. The van der Waals surface area contributed by atoms with Crippen LogP contribution < -0.4 is 14.2 Å². The van der Waals surface area contributed by atoms with Gasteiger partial charge < -0.3 is 18.6 Å². The first kappa shape index (κ1) is 15.9. The minimum Gasteiger partial charge on any atom is -0.497 e. The first-order valence-corrected chi connectivity index (χ1v) is 7.44. The number of rotatable bonds is 6. The minimum atomic E-state index is 0.169. The summed E-state index contributed by atoms with van der Waals surface area (Å²) < 4.78 is 21.8. The van der Waals surface area contributed by atoms with E-state index in [9.17, 15) is 0 Å². The average Bonchev–Trinajstić information content (AvgIpc) is 3.09. The van der Waals surface area contributed by atoms with Crippen LogP contribution in [0.3, 0.4) is 0 Å². The lowest BCUT2D eigenvalue weighted by Gasteiger charge is -2.09. The molecule has 0 bridgehead atoms. The van der Waals surface area contributed by atoms with Crippen molar-refractivity contribution < 1.29 is 18.6 Å². The summed E-state index contributed by atoms with van der Waals surface area (Å²) in [7, 11) is 3.23. The van der Waals surface area contributed by atoms with Gasteiger partial charge >= 0.3 is 0 Å². The molecule has 0 spiro atoms. The van der Waals surface area contributed by atoms with Crippen LogP contribution >= 0.6 is 0 Å². The van der Waals surface area contributed by atoms with Gasteiger partial charge in [-0.15, -0.1) is 10.2 Å². The lowest BCUT2D eigenvalue weighted by atomic mass is 10.2. The number of aromatic nitrogens is 2. The Labute approximate surface area is 140 Å². The minimum absolute atomic E-state index is 0.169. The van der Waals surface area contributed by atoms with Crippen LogP contribution in [0.2, 0.25) is 0 Å². The number of methoxy groups -OCH3 is 2. The molecule has 24 heavy (non-hydrogen) atoms. The molecule has 3 rings (SSSR count). The van der Waals surface area contributed by atoms with Crippen LogP contribution in [0.1, 0.15) is 11.5 Å². The molecule has 0 aliphatic rings. The zero-order chi connectivity index (χ0) is 16.9. The Hall–Kier alpha value is -3.02. The third kappa shape index (κ3) is 3.48. The van der Waals surface area contributed by atoms with Crippen molar-refractivity contribution in [2.45, 2.75) is 13.5 Å². The quantitative estimate of drug-likeness (QED) is 0.689. The fourth-order valence-electron chi connectivity index (χ4n) is 2.20. The number of hydrogen-bond donors (Lipinski definition) is 0. The highest BCUT2D eigenvalue weighted by Crippen LogP contribution is 2.28. The zero-order valence-corrected chi connectivity index (χ0v) is 13.8. The lowest BCUT2D eigenvalue weighted by molar-refractivity contribution is 0.251. The second-order valence-electron chi connectivity index (χ2n) is 5.17. The van der Waals surface area contributed by atoms with E-state index in [0.29, 0.717) is 23.3 Å². The van der Waals surface area contributed by atoms with Crippen LogP contribution in [0.25, 0.3) is 11.5 Å². The molecule has 0 amide bonds. The largest absolute Gasteiger partial charge is 0.497 e. The molecule has 0 atom stereocenters. The normalized spacial score (nSPS) is 10.5. The lowest BCUT2D eigenvalue weighted by Crippen LogP contribution is -1.98. The van der Waals surface area contributed by atoms with E-state index in [1.165, 1.54) is 0 Å². The molecule has 0 aliphatic carbocycles. The van der Waals surface area contributed by atoms with Crippen LogP contribution in [-0.4, -0.2) is 24.4 Å².